The van der Waals surface area contributed by atoms with Gasteiger partial charge in [0, 0.05) is 25.8 Å². The maximum absolute atomic E-state index is 12.9. The minimum Gasteiger partial charge on any atom is -0.444 e. The molecule has 1 aromatic carbocycles. The van der Waals surface area contributed by atoms with Crippen LogP contribution in [0.2, 0.25) is 0 Å². The fourth-order valence-electron chi connectivity index (χ4n) is 3.65. The van der Waals surface area contributed by atoms with E-state index >= 15 is 0 Å². The van der Waals surface area contributed by atoms with E-state index in [0.29, 0.717) is 35.3 Å². The summed E-state index contributed by atoms with van der Waals surface area (Å²) < 4.78 is 11.1. The number of hydrogen-bond acceptors (Lipinski definition) is 8. The molecule has 196 valence electrons. The SMILES string of the molecule is CC(C)(C)OC(=O)N(Cc1ccccc1)Cc1ccc(-c2ncc(C(=O)NOC3CCCCO3)s2)nc1. The molecule has 2 aromatic heterocycles. The molecule has 1 aliphatic heterocycles. The molecule has 1 N–H and O–H groups in total. The Morgan fingerprint density at radius 2 is 1.84 bits per heavy atom. The van der Waals surface area contributed by atoms with Crippen molar-refractivity contribution in [2.45, 2.75) is 65.0 Å². The number of carbonyl (C=O) groups is 2. The normalized spacial score (nSPS) is 15.7. The fourth-order valence-corrected chi connectivity index (χ4v) is 4.43. The number of rotatable bonds is 8. The minimum absolute atomic E-state index is 0.336. The number of carbonyl (C=O) groups excluding carboxylic acids is 2. The van der Waals surface area contributed by atoms with Crippen molar-refractivity contribution in [2.24, 2.45) is 0 Å². The average Bonchev–Trinajstić information content (AvgIpc) is 3.38. The van der Waals surface area contributed by atoms with Crippen LogP contribution in [0.1, 0.15) is 60.8 Å². The summed E-state index contributed by atoms with van der Waals surface area (Å²) in [5, 5.41) is 0.610. The highest BCUT2D eigenvalue weighted by Crippen LogP contribution is 2.24. The molecule has 2 amide bonds. The molecule has 1 atom stereocenters. The largest absolute Gasteiger partial charge is 0.444 e. The van der Waals surface area contributed by atoms with Gasteiger partial charge in [-0.05, 0) is 50.8 Å². The first-order valence-corrected chi connectivity index (χ1v) is 13.1. The van der Waals surface area contributed by atoms with Gasteiger partial charge in [0.05, 0.1) is 18.4 Å². The maximum Gasteiger partial charge on any atom is 0.410 e. The first kappa shape index (κ1) is 26.7. The number of pyridine rings is 1. The van der Waals surface area contributed by atoms with Crippen LogP contribution >= 0.6 is 11.3 Å². The number of hydrogen-bond donors (Lipinski definition) is 1. The van der Waals surface area contributed by atoms with Crippen molar-refractivity contribution in [2.75, 3.05) is 6.61 Å². The molecule has 1 fully saturated rings. The van der Waals surface area contributed by atoms with Crippen LogP contribution < -0.4 is 5.48 Å². The van der Waals surface area contributed by atoms with E-state index in [-0.39, 0.29) is 5.91 Å². The quantitative estimate of drug-likeness (QED) is 0.397. The zero-order valence-corrected chi connectivity index (χ0v) is 22.1. The number of aromatic nitrogens is 2. The van der Waals surface area contributed by atoms with Gasteiger partial charge in [-0.25, -0.2) is 20.1 Å². The van der Waals surface area contributed by atoms with Crippen LogP contribution in [0.3, 0.4) is 0 Å². The van der Waals surface area contributed by atoms with Crippen LogP contribution in [0.5, 0.6) is 0 Å². The molecular formula is C27H32N4O5S. The number of nitrogens with zero attached hydrogens (tertiary/aromatic N) is 3. The van der Waals surface area contributed by atoms with Crippen LogP contribution in [0.25, 0.3) is 10.7 Å². The third-order valence-electron chi connectivity index (χ3n) is 5.44. The molecular weight excluding hydrogens is 492 g/mol. The van der Waals surface area contributed by atoms with Crippen molar-refractivity contribution in [3.63, 3.8) is 0 Å². The molecule has 0 aliphatic carbocycles. The molecule has 3 aromatic rings. The van der Waals surface area contributed by atoms with E-state index in [1.807, 2.05) is 63.2 Å². The molecule has 4 rings (SSSR count). The van der Waals surface area contributed by atoms with Crippen molar-refractivity contribution in [3.8, 4) is 10.7 Å². The van der Waals surface area contributed by atoms with E-state index in [0.717, 1.165) is 30.4 Å². The second-order valence-electron chi connectivity index (χ2n) is 9.75. The number of hydroxylamine groups is 1. The van der Waals surface area contributed by atoms with Crippen molar-refractivity contribution >= 4 is 23.3 Å². The van der Waals surface area contributed by atoms with Gasteiger partial charge in [-0.3, -0.25) is 14.7 Å². The lowest BCUT2D eigenvalue weighted by atomic mass is 10.2. The summed E-state index contributed by atoms with van der Waals surface area (Å²) in [6.45, 7) is 6.93. The molecule has 1 aliphatic rings. The molecule has 1 unspecified atom stereocenters. The van der Waals surface area contributed by atoms with Gasteiger partial charge < -0.3 is 9.47 Å². The van der Waals surface area contributed by atoms with Gasteiger partial charge in [0.2, 0.25) is 0 Å². The number of amides is 2. The van der Waals surface area contributed by atoms with Gasteiger partial charge >= 0.3 is 6.09 Å². The lowest BCUT2D eigenvalue weighted by Crippen LogP contribution is -2.36. The molecule has 3 heterocycles. The maximum atomic E-state index is 12.9. The van der Waals surface area contributed by atoms with Crippen molar-refractivity contribution in [3.05, 3.63) is 70.9 Å². The van der Waals surface area contributed by atoms with Gasteiger partial charge in [-0.15, -0.1) is 11.3 Å². The Bertz CT molecular complexity index is 1170. The lowest BCUT2D eigenvalue weighted by Gasteiger charge is -2.27. The van der Waals surface area contributed by atoms with Gasteiger partial charge in [0.25, 0.3) is 5.91 Å². The highest BCUT2D eigenvalue weighted by atomic mass is 32.1. The second-order valence-corrected chi connectivity index (χ2v) is 10.8. The van der Waals surface area contributed by atoms with E-state index in [4.69, 9.17) is 14.3 Å². The molecule has 10 heteroatoms. The topological polar surface area (TPSA) is 103 Å². The Morgan fingerprint density at radius 1 is 1.05 bits per heavy atom. The molecule has 0 spiro atoms. The van der Waals surface area contributed by atoms with Gasteiger partial charge in [-0.2, -0.15) is 0 Å². The number of thiazole rings is 1. The third kappa shape index (κ3) is 8.08. The molecule has 9 nitrogen and oxygen atoms in total. The smallest absolute Gasteiger partial charge is 0.410 e. The highest BCUT2D eigenvalue weighted by molar-refractivity contribution is 7.16. The van der Waals surface area contributed by atoms with E-state index < -0.39 is 18.0 Å². The zero-order chi connectivity index (χ0) is 26.3. The molecule has 37 heavy (non-hydrogen) atoms. The Labute approximate surface area is 220 Å². The first-order valence-electron chi connectivity index (χ1n) is 12.3. The van der Waals surface area contributed by atoms with Crippen LogP contribution in [0.4, 0.5) is 4.79 Å². The Kier molecular flexibility index (Phi) is 8.86. The van der Waals surface area contributed by atoms with E-state index in [2.05, 4.69) is 15.4 Å². The third-order valence-corrected chi connectivity index (χ3v) is 6.45. The van der Waals surface area contributed by atoms with Crippen molar-refractivity contribution < 1.29 is 23.9 Å². The van der Waals surface area contributed by atoms with E-state index in [9.17, 15) is 9.59 Å². The fraction of sp³-hybridized carbons (Fsp3) is 0.407. The number of nitrogens with one attached hydrogen (secondary N) is 1. The summed E-state index contributed by atoms with van der Waals surface area (Å²) in [6, 6.07) is 13.5. The molecule has 0 saturated carbocycles. The monoisotopic (exact) mass is 524 g/mol. The number of benzene rings is 1. The summed E-state index contributed by atoms with van der Waals surface area (Å²) in [7, 11) is 0. The summed E-state index contributed by atoms with van der Waals surface area (Å²) in [6.07, 6.45) is 5.17. The average molecular weight is 525 g/mol. The summed E-state index contributed by atoms with van der Waals surface area (Å²) in [5.41, 5.74) is 4.34. The van der Waals surface area contributed by atoms with E-state index in [1.54, 1.807) is 11.1 Å². The lowest BCUT2D eigenvalue weighted by molar-refractivity contribution is -0.186. The van der Waals surface area contributed by atoms with Gasteiger partial charge in [0.1, 0.15) is 15.5 Å². The predicted molar refractivity (Wildman–Crippen MR) is 139 cm³/mol. The van der Waals surface area contributed by atoms with Gasteiger partial charge in [0.15, 0.2) is 6.29 Å². The van der Waals surface area contributed by atoms with Crippen LogP contribution in [-0.4, -0.2) is 45.4 Å². The zero-order valence-electron chi connectivity index (χ0n) is 21.3. The molecule has 1 saturated heterocycles. The minimum atomic E-state index is -0.600. The summed E-state index contributed by atoms with van der Waals surface area (Å²) in [4.78, 5) is 41.6. The number of ether oxygens (including phenoxy) is 2. The Balaban J connectivity index is 1.39. The standard InChI is InChI=1S/C27H32N4O5S/c1-27(2,3)35-26(33)31(17-19-9-5-4-6-10-19)18-20-12-13-21(28-15-20)25-29-16-22(37-25)24(32)30-36-23-11-7-8-14-34-23/h4-6,9-10,12-13,15-16,23H,7-8,11,14,17-18H2,1-3H3,(H,30,32). The summed E-state index contributed by atoms with van der Waals surface area (Å²) >= 11 is 1.22. The van der Waals surface area contributed by atoms with Crippen molar-refractivity contribution in [1.29, 1.82) is 0 Å². The predicted octanol–water partition coefficient (Wildman–Crippen LogP) is 5.33. The van der Waals surface area contributed by atoms with Crippen LogP contribution in [-0.2, 0) is 27.4 Å². The Morgan fingerprint density at radius 3 is 2.51 bits per heavy atom. The highest BCUT2D eigenvalue weighted by Gasteiger charge is 2.23. The summed E-state index contributed by atoms with van der Waals surface area (Å²) in [5.74, 6) is -0.372. The van der Waals surface area contributed by atoms with Gasteiger partial charge in [-0.1, -0.05) is 36.4 Å². The molecule has 0 bridgehead atoms. The van der Waals surface area contributed by atoms with Crippen molar-refractivity contribution in [1.82, 2.24) is 20.3 Å². The van der Waals surface area contributed by atoms with Crippen LogP contribution in [0.15, 0.2) is 54.9 Å². The van der Waals surface area contributed by atoms with E-state index in [1.165, 1.54) is 17.5 Å². The Hall–Kier alpha value is -3.34. The first-order chi connectivity index (χ1) is 17.8. The van der Waals surface area contributed by atoms with Crippen LogP contribution in [0, 0.1) is 0 Å². The second kappa shape index (κ2) is 12.3. The molecule has 0 radical (unpaired) electrons.